The molecule has 0 aliphatic heterocycles. The van der Waals surface area contributed by atoms with Crippen LogP contribution in [-0.4, -0.2) is 26.7 Å². The Morgan fingerprint density at radius 2 is 2.05 bits per heavy atom. The molecule has 6 nitrogen and oxygen atoms in total. The van der Waals surface area contributed by atoms with Gasteiger partial charge in [0.25, 0.3) is 0 Å². The molecule has 0 fully saturated rings. The highest BCUT2D eigenvalue weighted by Gasteiger charge is 2.14. The molecule has 19 heavy (non-hydrogen) atoms. The first-order chi connectivity index (χ1) is 9.43. The second-order valence-corrected chi connectivity index (χ2v) is 4.73. The monoisotopic (exact) mass is 259 g/mol. The smallest absolute Gasteiger partial charge is 0.213 e. The van der Waals surface area contributed by atoms with E-state index in [1.54, 1.807) is 6.33 Å². The number of aromatic nitrogens is 4. The van der Waals surface area contributed by atoms with Crippen molar-refractivity contribution in [2.45, 2.75) is 38.5 Å². The molecular formula is C13H17N5O. The van der Waals surface area contributed by atoms with E-state index in [2.05, 4.69) is 25.4 Å². The molecule has 6 heteroatoms. The first kappa shape index (κ1) is 12.1. The van der Waals surface area contributed by atoms with E-state index in [0.717, 1.165) is 31.6 Å². The summed E-state index contributed by atoms with van der Waals surface area (Å²) in [6.45, 7) is 0.753. The minimum absolute atomic E-state index is 0.715. The normalized spacial score (nSPS) is 14.7. The Labute approximate surface area is 111 Å². The van der Waals surface area contributed by atoms with Gasteiger partial charge in [0, 0.05) is 24.2 Å². The van der Waals surface area contributed by atoms with Gasteiger partial charge in [-0.1, -0.05) is 11.6 Å². The number of anilines is 1. The van der Waals surface area contributed by atoms with Crippen LogP contribution in [-0.2, 0) is 19.3 Å². The van der Waals surface area contributed by atoms with E-state index in [1.807, 2.05) is 0 Å². The lowest BCUT2D eigenvalue weighted by Crippen LogP contribution is -2.11. The molecule has 0 saturated carbocycles. The molecule has 1 aliphatic rings. The minimum Gasteiger partial charge on any atom is -0.369 e. The van der Waals surface area contributed by atoms with Crippen LogP contribution in [0.15, 0.2) is 17.2 Å². The third-order valence-electron chi connectivity index (χ3n) is 3.42. The molecule has 1 aliphatic carbocycles. The van der Waals surface area contributed by atoms with Gasteiger partial charge in [0.2, 0.25) is 6.39 Å². The fourth-order valence-electron chi connectivity index (χ4n) is 2.45. The zero-order valence-electron chi connectivity index (χ0n) is 10.8. The van der Waals surface area contributed by atoms with E-state index in [-0.39, 0.29) is 0 Å². The fourth-order valence-corrected chi connectivity index (χ4v) is 2.45. The predicted octanol–water partition coefficient (Wildman–Crippen LogP) is 1.78. The summed E-state index contributed by atoms with van der Waals surface area (Å²) in [7, 11) is 0. The number of hydrogen-bond donors (Lipinski definition) is 1. The van der Waals surface area contributed by atoms with Crippen LogP contribution in [0.25, 0.3) is 0 Å². The summed E-state index contributed by atoms with van der Waals surface area (Å²) in [5.41, 5.74) is 2.49. The van der Waals surface area contributed by atoms with Crippen LogP contribution in [0.5, 0.6) is 0 Å². The minimum atomic E-state index is 0.715. The number of aryl methyl sites for hydroxylation is 1. The summed E-state index contributed by atoms with van der Waals surface area (Å²) in [4.78, 5) is 12.8. The number of nitrogens with one attached hydrogen (secondary N) is 1. The third-order valence-corrected chi connectivity index (χ3v) is 3.42. The van der Waals surface area contributed by atoms with Gasteiger partial charge in [0.05, 0.1) is 0 Å². The topological polar surface area (TPSA) is 76.7 Å². The van der Waals surface area contributed by atoms with Crippen molar-refractivity contribution in [3.05, 3.63) is 29.8 Å². The summed E-state index contributed by atoms with van der Waals surface area (Å²) in [6, 6.07) is 0. The molecule has 100 valence electrons. The molecule has 2 aromatic heterocycles. The summed E-state index contributed by atoms with van der Waals surface area (Å²) in [5, 5.41) is 7.16. The van der Waals surface area contributed by atoms with Crippen LogP contribution in [0.2, 0.25) is 0 Å². The van der Waals surface area contributed by atoms with Gasteiger partial charge in [-0.25, -0.2) is 9.97 Å². The van der Waals surface area contributed by atoms with Crippen LogP contribution in [0.1, 0.15) is 36.3 Å². The molecule has 0 spiro atoms. The molecule has 0 amide bonds. The molecule has 3 rings (SSSR count). The number of fused-ring (bicyclic) bond motifs is 1. The van der Waals surface area contributed by atoms with E-state index in [0.29, 0.717) is 5.82 Å². The van der Waals surface area contributed by atoms with Crippen molar-refractivity contribution in [3.63, 3.8) is 0 Å². The van der Waals surface area contributed by atoms with E-state index < -0.39 is 0 Å². The summed E-state index contributed by atoms with van der Waals surface area (Å²) in [5.74, 6) is 1.68. The molecule has 0 bridgehead atoms. The Hall–Kier alpha value is -1.98. The Morgan fingerprint density at radius 3 is 2.95 bits per heavy atom. The van der Waals surface area contributed by atoms with E-state index in [4.69, 9.17) is 4.52 Å². The number of hydrogen-bond acceptors (Lipinski definition) is 6. The molecule has 0 atom stereocenters. The van der Waals surface area contributed by atoms with Crippen molar-refractivity contribution >= 4 is 5.82 Å². The largest absolute Gasteiger partial charge is 0.369 e. The van der Waals surface area contributed by atoms with Crippen molar-refractivity contribution in [1.29, 1.82) is 0 Å². The van der Waals surface area contributed by atoms with Crippen LogP contribution in [0.3, 0.4) is 0 Å². The quantitative estimate of drug-likeness (QED) is 0.843. The van der Waals surface area contributed by atoms with Gasteiger partial charge in [0.15, 0.2) is 5.82 Å². The lowest BCUT2D eigenvalue weighted by molar-refractivity contribution is 0.410. The Kier molecular flexibility index (Phi) is 3.67. The van der Waals surface area contributed by atoms with Gasteiger partial charge in [-0.3, -0.25) is 0 Å². The average Bonchev–Trinajstić information content (AvgIpc) is 2.82. The number of rotatable bonds is 4. The first-order valence-electron chi connectivity index (χ1n) is 6.75. The molecule has 2 aromatic rings. The zero-order chi connectivity index (χ0) is 12.9. The number of nitrogens with zero attached hydrogens (tertiary/aromatic N) is 4. The van der Waals surface area contributed by atoms with Crippen molar-refractivity contribution < 1.29 is 4.52 Å². The van der Waals surface area contributed by atoms with Crippen LogP contribution in [0, 0.1) is 0 Å². The van der Waals surface area contributed by atoms with Gasteiger partial charge in [-0.15, -0.1) is 0 Å². The van der Waals surface area contributed by atoms with Gasteiger partial charge < -0.3 is 9.84 Å². The first-order valence-corrected chi connectivity index (χ1v) is 6.75. The van der Waals surface area contributed by atoms with E-state index in [1.165, 1.54) is 36.9 Å². The Morgan fingerprint density at radius 1 is 1.11 bits per heavy atom. The van der Waals surface area contributed by atoms with E-state index in [9.17, 15) is 0 Å². The van der Waals surface area contributed by atoms with E-state index >= 15 is 0 Å². The molecule has 0 unspecified atom stereocenters. The highest BCUT2D eigenvalue weighted by molar-refractivity contribution is 5.46. The van der Waals surface area contributed by atoms with Crippen LogP contribution >= 0.6 is 0 Å². The summed E-state index contributed by atoms with van der Waals surface area (Å²) in [6.07, 6.45) is 9.60. The van der Waals surface area contributed by atoms with Crippen molar-refractivity contribution in [3.8, 4) is 0 Å². The second kappa shape index (κ2) is 5.77. The predicted molar refractivity (Wildman–Crippen MR) is 69.8 cm³/mol. The highest BCUT2D eigenvalue weighted by Crippen LogP contribution is 2.23. The lowest BCUT2D eigenvalue weighted by atomic mass is 10.1. The Bertz CT molecular complexity index is 526. The van der Waals surface area contributed by atoms with Crippen LogP contribution in [0.4, 0.5) is 5.82 Å². The molecular weight excluding hydrogens is 242 g/mol. The SMILES string of the molecule is c1nc2c(c(NCCc3ncon3)n1)CCCCC2. The maximum Gasteiger partial charge on any atom is 0.213 e. The maximum absolute atomic E-state index is 4.71. The maximum atomic E-state index is 4.71. The van der Waals surface area contributed by atoms with Gasteiger partial charge >= 0.3 is 0 Å². The molecule has 0 radical (unpaired) electrons. The molecule has 1 N–H and O–H groups in total. The van der Waals surface area contributed by atoms with Gasteiger partial charge in [-0.2, -0.15) is 4.98 Å². The van der Waals surface area contributed by atoms with Crippen LogP contribution < -0.4 is 5.32 Å². The average molecular weight is 259 g/mol. The standard InChI is InChI=1S/C13H17N5O/c1-2-4-10-11(5-3-1)15-8-16-13(10)14-7-6-12-17-9-19-18-12/h8-9H,1-7H2,(H,14,15,16). The van der Waals surface area contributed by atoms with Gasteiger partial charge in [0.1, 0.15) is 12.1 Å². The zero-order valence-corrected chi connectivity index (χ0v) is 10.8. The third kappa shape index (κ3) is 2.89. The molecule has 0 saturated heterocycles. The second-order valence-electron chi connectivity index (χ2n) is 4.73. The molecule has 2 heterocycles. The highest BCUT2D eigenvalue weighted by atomic mass is 16.5. The summed E-state index contributed by atoms with van der Waals surface area (Å²) < 4.78 is 4.71. The molecule has 0 aromatic carbocycles. The summed E-state index contributed by atoms with van der Waals surface area (Å²) >= 11 is 0. The van der Waals surface area contributed by atoms with Crippen molar-refractivity contribution in [2.24, 2.45) is 0 Å². The lowest BCUT2D eigenvalue weighted by Gasteiger charge is -2.11. The van der Waals surface area contributed by atoms with Crippen molar-refractivity contribution in [1.82, 2.24) is 20.1 Å². The Balaban J connectivity index is 1.67. The van der Waals surface area contributed by atoms with Gasteiger partial charge in [-0.05, 0) is 25.7 Å². The van der Waals surface area contributed by atoms with Crippen molar-refractivity contribution in [2.75, 3.05) is 11.9 Å². The fraction of sp³-hybridized carbons (Fsp3) is 0.538.